The van der Waals surface area contributed by atoms with E-state index in [1.165, 1.54) is 6.92 Å². The SMILES string of the molecule is C[C@@H]1O[C@@H](O[C@H]2[C@H](O)[C@@H](CO)O[C@@H](O[C@H]3CO[C@@H](O[C@H]4CC[C@]5(C)[C@H]6CC[C@]78OC[C@@]9(CC[C@](C)(C=O)C[C@H]97)[C@H](O)C[C@@]8(C)[C@]6(C)CC[C@H]5C4(C)C)[C@H](O[C@@H]4O[C@H](CO)[C@@H](O)[C@H](O)[C@H]4O)[C@H]3O)[C@@H]2O[C@@H]2OC[C@@H](O)[C@H](O[C@@H]3O[C@H](CO)[C@@H](O)[C@H](O)[C@H]3O)[C@H]2O)[C@H](O)[C@H](O)[C@H]1O. The second-order valence-electron chi connectivity index (χ2n) is 31.4. The molecule has 0 aromatic carbocycles. The lowest BCUT2D eigenvalue weighted by molar-refractivity contribution is -0.407. The highest BCUT2D eigenvalue weighted by Crippen LogP contribution is 2.80. The number of carbonyl (C=O) groups is 1. The topological polar surface area (TPSA) is 481 Å². The number of rotatable bonds is 16. The molecule has 5 saturated carbocycles. The van der Waals surface area contributed by atoms with Gasteiger partial charge >= 0.3 is 0 Å². The van der Waals surface area contributed by atoms with Crippen LogP contribution in [-0.2, 0) is 66.4 Å². The van der Waals surface area contributed by atoms with E-state index in [1.54, 1.807) is 0 Å². The van der Waals surface area contributed by atoms with Crippen LogP contribution in [0.5, 0.6) is 0 Å². The highest BCUT2D eigenvalue weighted by molar-refractivity contribution is 5.59. The zero-order valence-electron chi connectivity index (χ0n) is 54.8. The second-order valence-corrected chi connectivity index (χ2v) is 31.4. The van der Waals surface area contributed by atoms with Crippen LogP contribution in [-0.4, -0.2) is 323 Å². The fraction of sp³-hybridized carbons (Fsp3) is 0.984. The van der Waals surface area contributed by atoms with Gasteiger partial charge in [-0.1, -0.05) is 41.5 Å². The largest absolute Gasteiger partial charge is 0.394 e. The van der Waals surface area contributed by atoms with Crippen molar-refractivity contribution in [1.29, 1.82) is 0 Å². The molecule has 0 aromatic rings. The molecule has 31 heteroatoms. The molecule has 0 unspecified atom stereocenters. The molecule has 5 aliphatic carbocycles. The fourth-order valence-corrected chi connectivity index (χ4v) is 20.3. The molecule has 7 aliphatic heterocycles. The number of fused-ring (bicyclic) bond motifs is 4. The van der Waals surface area contributed by atoms with Crippen LogP contribution in [0, 0.1) is 50.2 Å². The van der Waals surface area contributed by atoms with E-state index in [0.717, 1.165) is 38.4 Å². The summed E-state index contributed by atoms with van der Waals surface area (Å²) in [5.41, 5.74) is -3.05. The Kier molecular flexibility index (Phi) is 20.8. The summed E-state index contributed by atoms with van der Waals surface area (Å²) in [4.78, 5) is 12.7. The summed E-state index contributed by atoms with van der Waals surface area (Å²) in [6.07, 6.45) is -43.8. The molecule has 0 aromatic heterocycles. The number of ether oxygens (including phenoxy) is 13. The second kappa shape index (κ2) is 26.9. The standard InChI is InChI=1S/C64H104O31/c1-25-36(71)41(76)44(79)53(86-25)93-49-39(74)29(20-67)89-57(51(49)95-52-47(82)48(26(69)21-83-52)92-54-45(80)42(77)37(72)27(18-65)87-54)90-30-22-84-56(50(40(30)75)94-55-46(81)43(78)38(73)28(19-66)88-55)91-35-10-11-60(5)31(58(35,2)3)8-12-61(6)32(60)9-13-64-33-16-59(4,23-68)14-15-63(33,24-85-64)34(70)17-62(61,64)7/h23,25-57,65-67,69-82H,8-22,24H2,1-7H3/t25-,26+,27+,28+,29+,30-,31-,32+,33+,34+,35-,36-,37+,38+,39+,40-,41+,42-,43-,44+,45+,46+,47+,48-,49-,50+,51+,52-,53-,54-,55-,56-,57-,59-,60-,61+,62-,63+,64-/m0/s1. The molecule has 12 fully saturated rings. The Morgan fingerprint density at radius 2 is 1.00 bits per heavy atom. The molecule has 7 saturated heterocycles. The Morgan fingerprint density at radius 1 is 0.453 bits per heavy atom. The molecule has 0 amide bonds. The molecule has 1 spiro atoms. The van der Waals surface area contributed by atoms with Crippen LogP contribution < -0.4 is 0 Å². The molecule has 546 valence electrons. The van der Waals surface area contributed by atoms with E-state index in [4.69, 9.17) is 61.6 Å². The minimum absolute atomic E-state index is 0.0208. The fourth-order valence-electron chi connectivity index (χ4n) is 20.3. The van der Waals surface area contributed by atoms with Gasteiger partial charge in [-0.05, 0) is 105 Å². The van der Waals surface area contributed by atoms with Gasteiger partial charge in [0.1, 0.15) is 134 Å². The van der Waals surface area contributed by atoms with Crippen molar-refractivity contribution in [2.24, 2.45) is 50.2 Å². The Labute approximate surface area is 550 Å². The van der Waals surface area contributed by atoms with Crippen molar-refractivity contribution in [3.63, 3.8) is 0 Å². The summed E-state index contributed by atoms with van der Waals surface area (Å²) in [7, 11) is 0. The van der Waals surface area contributed by atoms with Gasteiger partial charge in [0.05, 0.1) is 63.6 Å². The third-order valence-corrected chi connectivity index (χ3v) is 26.1. The van der Waals surface area contributed by atoms with E-state index in [2.05, 4.69) is 34.6 Å². The maximum absolute atomic E-state index is 12.8. The van der Waals surface area contributed by atoms with E-state index in [1.807, 2.05) is 6.92 Å². The Morgan fingerprint density at radius 3 is 1.62 bits per heavy atom. The van der Waals surface area contributed by atoms with Crippen molar-refractivity contribution in [2.45, 2.75) is 303 Å². The summed E-state index contributed by atoms with van der Waals surface area (Å²) in [5.74, 6) is 0.242. The average Bonchev–Trinajstić information content (AvgIpc) is 1.62. The molecule has 7 heterocycles. The van der Waals surface area contributed by atoms with Crippen molar-refractivity contribution >= 4 is 6.29 Å². The Balaban J connectivity index is 0.823. The molecular weight excluding hydrogens is 1260 g/mol. The highest BCUT2D eigenvalue weighted by Gasteiger charge is 2.80. The zero-order valence-corrected chi connectivity index (χ0v) is 54.8. The van der Waals surface area contributed by atoms with Crippen molar-refractivity contribution < 1.29 is 153 Å². The third kappa shape index (κ3) is 11.8. The molecule has 2 bridgehead atoms. The monoisotopic (exact) mass is 1370 g/mol. The normalized spacial score (nSPS) is 57.7. The summed E-state index contributed by atoms with van der Waals surface area (Å²) in [6.45, 7) is 11.3. The maximum Gasteiger partial charge on any atom is 0.187 e. The minimum atomic E-state index is -2.12. The van der Waals surface area contributed by atoms with Gasteiger partial charge < -0.3 is 153 Å². The number of hydrogen-bond donors (Lipinski definition) is 17. The minimum Gasteiger partial charge on any atom is -0.394 e. The van der Waals surface area contributed by atoms with Gasteiger partial charge in [0, 0.05) is 16.2 Å². The van der Waals surface area contributed by atoms with Crippen molar-refractivity contribution in [1.82, 2.24) is 0 Å². The summed E-state index contributed by atoms with van der Waals surface area (Å²) in [5, 5.41) is 189. The Hall–Kier alpha value is -1.53. The molecule has 12 rings (SSSR count). The number of aliphatic hydroxyl groups excluding tert-OH is 17. The molecule has 0 radical (unpaired) electrons. The van der Waals surface area contributed by atoms with Gasteiger partial charge in [-0.3, -0.25) is 0 Å². The smallest absolute Gasteiger partial charge is 0.187 e. The van der Waals surface area contributed by atoms with Gasteiger partial charge in [0.15, 0.2) is 37.7 Å². The first-order valence-corrected chi connectivity index (χ1v) is 34.0. The summed E-state index contributed by atoms with van der Waals surface area (Å²) >= 11 is 0. The van der Waals surface area contributed by atoms with Gasteiger partial charge in [-0.25, -0.2) is 0 Å². The van der Waals surface area contributed by atoms with Crippen molar-refractivity contribution in [3.8, 4) is 0 Å². The summed E-state index contributed by atoms with van der Waals surface area (Å²) in [6, 6.07) is 0. The maximum atomic E-state index is 12.8. The molecule has 31 nitrogen and oxygen atoms in total. The average molecular weight is 1370 g/mol. The van der Waals surface area contributed by atoms with Crippen LogP contribution in [0.3, 0.4) is 0 Å². The summed E-state index contributed by atoms with van der Waals surface area (Å²) < 4.78 is 81.0. The molecular formula is C64H104O31. The van der Waals surface area contributed by atoms with Crippen LogP contribution in [0.1, 0.15) is 113 Å². The van der Waals surface area contributed by atoms with E-state index >= 15 is 0 Å². The molecule has 12 aliphatic rings. The van der Waals surface area contributed by atoms with Crippen LogP contribution >= 0.6 is 0 Å². The predicted octanol–water partition coefficient (Wildman–Crippen LogP) is -5.22. The number of aliphatic hydroxyl groups is 17. The van der Waals surface area contributed by atoms with Gasteiger partial charge in [0.25, 0.3) is 0 Å². The zero-order chi connectivity index (χ0) is 68.8. The molecule has 95 heavy (non-hydrogen) atoms. The molecule has 17 N–H and O–H groups in total. The lowest BCUT2D eigenvalue weighted by Gasteiger charge is -2.75. The van der Waals surface area contributed by atoms with Gasteiger partial charge in [-0.15, -0.1) is 0 Å². The van der Waals surface area contributed by atoms with E-state index in [9.17, 15) is 91.6 Å². The van der Waals surface area contributed by atoms with E-state index in [-0.39, 0.29) is 28.6 Å². The van der Waals surface area contributed by atoms with E-state index in [0.29, 0.717) is 38.7 Å². The first-order chi connectivity index (χ1) is 44.7. The van der Waals surface area contributed by atoms with Crippen LogP contribution in [0.2, 0.25) is 0 Å². The number of carbonyl (C=O) groups excluding carboxylic acids is 1. The van der Waals surface area contributed by atoms with E-state index < -0.39 is 245 Å². The first-order valence-electron chi connectivity index (χ1n) is 34.0. The quantitative estimate of drug-likeness (QED) is 0.0507. The van der Waals surface area contributed by atoms with Crippen LogP contribution in [0.15, 0.2) is 0 Å². The predicted molar refractivity (Wildman–Crippen MR) is 314 cm³/mol. The number of aldehydes is 1. The lowest BCUT2D eigenvalue weighted by Crippen LogP contribution is -2.74. The number of hydrogen-bond acceptors (Lipinski definition) is 31. The Bertz CT molecular complexity index is 2650. The van der Waals surface area contributed by atoms with Crippen LogP contribution in [0.25, 0.3) is 0 Å². The van der Waals surface area contributed by atoms with Gasteiger partial charge in [-0.2, -0.15) is 0 Å². The van der Waals surface area contributed by atoms with Gasteiger partial charge in [0.2, 0.25) is 0 Å². The van der Waals surface area contributed by atoms with Crippen LogP contribution in [0.4, 0.5) is 0 Å². The first kappa shape index (κ1) is 73.2. The third-order valence-electron chi connectivity index (χ3n) is 26.1. The highest BCUT2D eigenvalue weighted by atomic mass is 16.8. The van der Waals surface area contributed by atoms with Crippen molar-refractivity contribution in [2.75, 3.05) is 39.6 Å². The van der Waals surface area contributed by atoms with Crippen molar-refractivity contribution in [3.05, 3.63) is 0 Å². The lowest BCUT2D eigenvalue weighted by atomic mass is 9.30. The molecule has 39 atom stereocenters.